The fourth-order valence-electron chi connectivity index (χ4n) is 2.62. The second-order valence-electron chi connectivity index (χ2n) is 6.07. The standard InChI is InChI=1S/C20H14ClFN2O4S/c21-14-5-3-13(4-6-14)12-23-19-20(24-18(28-19)17-2-1-11-27-17)29(25,26)16-9-7-15(22)8-10-16/h1-11,23H,12H2. The van der Waals surface area contributed by atoms with Crippen molar-refractivity contribution in [3.63, 3.8) is 0 Å². The molecule has 2 aromatic carbocycles. The molecule has 0 fully saturated rings. The van der Waals surface area contributed by atoms with Crippen LogP contribution in [-0.2, 0) is 16.4 Å². The van der Waals surface area contributed by atoms with Crippen LogP contribution in [0.15, 0.2) is 85.7 Å². The number of oxazole rings is 1. The van der Waals surface area contributed by atoms with Gasteiger partial charge in [0.1, 0.15) is 5.82 Å². The lowest BCUT2D eigenvalue weighted by Gasteiger charge is -2.06. The Morgan fingerprint density at radius 2 is 1.76 bits per heavy atom. The molecule has 0 aliphatic carbocycles. The molecule has 0 unspecified atom stereocenters. The zero-order valence-corrected chi connectivity index (χ0v) is 16.4. The number of hydrogen-bond donors (Lipinski definition) is 1. The van der Waals surface area contributed by atoms with Crippen LogP contribution >= 0.6 is 11.6 Å². The van der Waals surface area contributed by atoms with E-state index >= 15 is 0 Å². The van der Waals surface area contributed by atoms with Gasteiger partial charge >= 0.3 is 0 Å². The maximum absolute atomic E-state index is 13.2. The molecule has 0 spiro atoms. The average Bonchev–Trinajstić information content (AvgIpc) is 3.38. The summed E-state index contributed by atoms with van der Waals surface area (Å²) >= 11 is 5.89. The molecule has 0 radical (unpaired) electrons. The van der Waals surface area contributed by atoms with E-state index in [9.17, 15) is 12.8 Å². The molecule has 6 nitrogen and oxygen atoms in total. The first-order valence-electron chi connectivity index (χ1n) is 8.47. The van der Waals surface area contributed by atoms with Gasteiger partial charge in [-0.05, 0) is 54.1 Å². The Morgan fingerprint density at radius 3 is 2.41 bits per heavy atom. The van der Waals surface area contributed by atoms with E-state index in [1.54, 1.807) is 36.4 Å². The molecule has 0 aliphatic rings. The van der Waals surface area contributed by atoms with Gasteiger partial charge in [-0.1, -0.05) is 23.7 Å². The first-order chi connectivity index (χ1) is 13.9. The van der Waals surface area contributed by atoms with Crippen LogP contribution in [0.2, 0.25) is 5.02 Å². The highest BCUT2D eigenvalue weighted by atomic mass is 35.5. The molecule has 0 saturated carbocycles. The van der Waals surface area contributed by atoms with Crippen molar-refractivity contribution in [2.24, 2.45) is 0 Å². The topological polar surface area (TPSA) is 85.3 Å². The molecule has 0 saturated heterocycles. The van der Waals surface area contributed by atoms with Gasteiger partial charge in [0.05, 0.1) is 11.2 Å². The molecule has 148 valence electrons. The van der Waals surface area contributed by atoms with E-state index in [1.807, 2.05) is 0 Å². The summed E-state index contributed by atoms with van der Waals surface area (Å²) in [7, 11) is -4.06. The lowest BCUT2D eigenvalue weighted by Crippen LogP contribution is -2.07. The number of benzene rings is 2. The Balaban J connectivity index is 1.73. The Bertz CT molecular complexity index is 1220. The van der Waals surface area contributed by atoms with E-state index < -0.39 is 15.7 Å². The smallest absolute Gasteiger partial charge is 0.266 e. The van der Waals surface area contributed by atoms with Gasteiger partial charge < -0.3 is 14.2 Å². The van der Waals surface area contributed by atoms with Crippen LogP contribution in [0.1, 0.15) is 5.56 Å². The van der Waals surface area contributed by atoms with E-state index in [2.05, 4.69) is 10.3 Å². The van der Waals surface area contributed by atoms with Crippen molar-refractivity contribution in [1.82, 2.24) is 4.98 Å². The quantitative estimate of drug-likeness (QED) is 0.423. The second-order valence-corrected chi connectivity index (χ2v) is 8.37. The minimum atomic E-state index is -4.06. The van der Waals surface area contributed by atoms with Crippen LogP contribution in [0.3, 0.4) is 0 Å². The van der Waals surface area contributed by atoms with Crippen molar-refractivity contribution in [3.8, 4) is 11.7 Å². The number of sulfone groups is 1. The van der Waals surface area contributed by atoms with Crippen molar-refractivity contribution in [1.29, 1.82) is 0 Å². The highest BCUT2D eigenvalue weighted by molar-refractivity contribution is 7.91. The molecule has 2 aromatic heterocycles. The minimum absolute atomic E-state index is 0.00860. The summed E-state index contributed by atoms with van der Waals surface area (Å²) in [6.45, 7) is 0.274. The molecular weight excluding hydrogens is 419 g/mol. The Morgan fingerprint density at radius 1 is 1.03 bits per heavy atom. The summed E-state index contributed by atoms with van der Waals surface area (Å²) in [5.41, 5.74) is 0.857. The molecule has 0 atom stereocenters. The first kappa shape index (κ1) is 19.2. The number of rotatable bonds is 6. The second kappa shape index (κ2) is 7.73. The third-order valence-electron chi connectivity index (χ3n) is 4.07. The summed E-state index contributed by atoms with van der Waals surface area (Å²) in [6.07, 6.45) is 1.43. The van der Waals surface area contributed by atoms with Crippen LogP contribution in [-0.4, -0.2) is 13.4 Å². The molecular formula is C20H14ClFN2O4S. The Labute approximate surface area is 170 Å². The van der Waals surface area contributed by atoms with Gasteiger partial charge in [-0.15, -0.1) is 0 Å². The number of halogens is 2. The van der Waals surface area contributed by atoms with Crippen molar-refractivity contribution < 1.29 is 21.6 Å². The average molecular weight is 433 g/mol. The summed E-state index contributed by atoms with van der Waals surface area (Å²) in [4.78, 5) is 4.02. The monoisotopic (exact) mass is 432 g/mol. The van der Waals surface area contributed by atoms with Gasteiger partial charge in [0, 0.05) is 11.6 Å². The number of furan rings is 1. The summed E-state index contributed by atoms with van der Waals surface area (Å²) < 4.78 is 50.3. The number of aromatic nitrogens is 1. The first-order valence-corrected chi connectivity index (χ1v) is 10.3. The van der Waals surface area contributed by atoms with E-state index in [1.165, 1.54) is 18.4 Å². The highest BCUT2D eigenvalue weighted by Crippen LogP contribution is 2.33. The van der Waals surface area contributed by atoms with Crippen molar-refractivity contribution in [3.05, 3.63) is 83.3 Å². The zero-order chi connectivity index (χ0) is 20.4. The maximum Gasteiger partial charge on any atom is 0.266 e. The van der Waals surface area contributed by atoms with Crippen molar-refractivity contribution in [2.45, 2.75) is 16.5 Å². The normalized spacial score (nSPS) is 11.5. The predicted molar refractivity (Wildman–Crippen MR) is 105 cm³/mol. The molecule has 0 bridgehead atoms. The van der Waals surface area contributed by atoms with Gasteiger partial charge in [-0.25, -0.2) is 12.8 Å². The fourth-order valence-corrected chi connectivity index (χ4v) is 4.02. The van der Waals surface area contributed by atoms with Crippen LogP contribution in [0.25, 0.3) is 11.7 Å². The molecule has 4 aromatic rings. The molecule has 29 heavy (non-hydrogen) atoms. The SMILES string of the molecule is O=S(=O)(c1ccc(F)cc1)c1nc(-c2ccco2)oc1NCc1ccc(Cl)cc1. The summed E-state index contributed by atoms with van der Waals surface area (Å²) in [5, 5.41) is 3.23. The molecule has 1 N–H and O–H groups in total. The minimum Gasteiger partial charge on any atom is -0.459 e. The van der Waals surface area contributed by atoms with E-state index in [-0.39, 0.29) is 34.0 Å². The molecule has 2 heterocycles. The maximum atomic E-state index is 13.2. The van der Waals surface area contributed by atoms with Gasteiger partial charge in [0.25, 0.3) is 5.89 Å². The highest BCUT2D eigenvalue weighted by Gasteiger charge is 2.29. The van der Waals surface area contributed by atoms with E-state index in [0.717, 1.165) is 17.7 Å². The number of nitrogens with zero attached hydrogens (tertiary/aromatic N) is 1. The Kier molecular flexibility index (Phi) is 5.12. The summed E-state index contributed by atoms with van der Waals surface area (Å²) in [5.74, 6) is -0.300. The zero-order valence-electron chi connectivity index (χ0n) is 14.8. The third-order valence-corrected chi connectivity index (χ3v) is 6.00. The summed E-state index contributed by atoms with van der Waals surface area (Å²) in [6, 6.07) is 14.8. The molecule has 4 rings (SSSR count). The molecule has 0 amide bonds. The van der Waals surface area contributed by atoms with Crippen LogP contribution < -0.4 is 5.32 Å². The van der Waals surface area contributed by atoms with Gasteiger partial charge in [-0.2, -0.15) is 4.98 Å². The number of nitrogens with one attached hydrogen (secondary N) is 1. The van der Waals surface area contributed by atoms with Gasteiger partial charge in [-0.3, -0.25) is 0 Å². The number of hydrogen-bond acceptors (Lipinski definition) is 6. The van der Waals surface area contributed by atoms with E-state index in [0.29, 0.717) is 5.02 Å². The van der Waals surface area contributed by atoms with Gasteiger partial charge in [0.2, 0.25) is 20.7 Å². The third kappa shape index (κ3) is 4.03. The van der Waals surface area contributed by atoms with Crippen LogP contribution in [0.5, 0.6) is 0 Å². The predicted octanol–water partition coefficient (Wildman–Crippen LogP) is 5.17. The van der Waals surface area contributed by atoms with Crippen molar-refractivity contribution >= 4 is 27.3 Å². The van der Waals surface area contributed by atoms with Crippen LogP contribution in [0, 0.1) is 5.82 Å². The fraction of sp³-hybridized carbons (Fsp3) is 0.0500. The van der Waals surface area contributed by atoms with Crippen LogP contribution in [0.4, 0.5) is 10.3 Å². The van der Waals surface area contributed by atoms with E-state index in [4.69, 9.17) is 20.4 Å². The lowest BCUT2D eigenvalue weighted by molar-refractivity contribution is 0.522. The Hall–Kier alpha value is -3.10. The lowest BCUT2D eigenvalue weighted by atomic mass is 10.2. The largest absolute Gasteiger partial charge is 0.459 e. The molecule has 9 heteroatoms. The molecule has 0 aliphatic heterocycles. The van der Waals surface area contributed by atoms with Gasteiger partial charge in [0.15, 0.2) is 5.76 Å². The van der Waals surface area contributed by atoms with Crippen molar-refractivity contribution in [2.75, 3.05) is 5.32 Å². The number of anilines is 1.